The number of aliphatic imine (C=N–C) groups is 1. The molecule has 1 aliphatic rings. The molecule has 2 rings (SSSR count). The minimum absolute atomic E-state index is 0.494. The van der Waals surface area contributed by atoms with E-state index in [0.29, 0.717) is 6.54 Å². The third-order valence-electron chi connectivity index (χ3n) is 3.71. The minimum atomic E-state index is -0.554. The van der Waals surface area contributed by atoms with Gasteiger partial charge in [-0.05, 0) is 38.2 Å². The van der Waals surface area contributed by atoms with Crippen molar-refractivity contribution in [2.45, 2.75) is 38.2 Å². The standard InChI is InChI=1S/C16H25N3O/c1-2-17-15(19-13-16(20)10-6-11-16)18-12-9-14-7-4-3-5-8-14/h3-5,7-8,20H,2,6,9-13H2,1H3,(H2,17,18,19). The van der Waals surface area contributed by atoms with E-state index in [4.69, 9.17) is 0 Å². The highest BCUT2D eigenvalue weighted by atomic mass is 16.3. The molecule has 1 fully saturated rings. The van der Waals surface area contributed by atoms with E-state index in [1.165, 1.54) is 5.56 Å². The lowest BCUT2D eigenvalue weighted by Gasteiger charge is -2.35. The zero-order valence-electron chi connectivity index (χ0n) is 12.2. The summed E-state index contributed by atoms with van der Waals surface area (Å²) in [5, 5.41) is 16.6. The van der Waals surface area contributed by atoms with Crippen molar-refractivity contribution in [3.05, 3.63) is 35.9 Å². The zero-order valence-corrected chi connectivity index (χ0v) is 12.2. The SMILES string of the molecule is CCNC(=NCC1(O)CCC1)NCCc1ccccc1. The van der Waals surface area contributed by atoms with E-state index in [9.17, 15) is 5.11 Å². The summed E-state index contributed by atoms with van der Waals surface area (Å²) in [5.74, 6) is 0.795. The molecule has 0 saturated heterocycles. The molecule has 0 heterocycles. The van der Waals surface area contributed by atoms with Crippen LogP contribution in [0.15, 0.2) is 35.3 Å². The average molecular weight is 275 g/mol. The van der Waals surface area contributed by atoms with Crippen molar-refractivity contribution >= 4 is 5.96 Å². The summed E-state index contributed by atoms with van der Waals surface area (Å²) in [6, 6.07) is 10.4. The molecular weight excluding hydrogens is 250 g/mol. The molecule has 1 aliphatic carbocycles. The molecule has 4 nitrogen and oxygen atoms in total. The highest BCUT2D eigenvalue weighted by Gasteiger charge is 2.34. The van der Waals surface area contributed by atoms with Crippen molar-refractivity contribution in [3.8, 4) is 0 Å². The van der Waals surface area contributed by atoms with Crippen LogP contribution in [0.2, 0.25) is 0 Å². The van der Waals surface area contributed by atoms with Gasteiger partial charge in [-0.3, -0.25) is 4.99 Å². The van der Waals surface area contributed by atoms with Gasteiger partial charge < -0.3 is 15.7 Å². The van der Waals surface area contributed by atoms with E-state index in [0.717, 1.165) is 44.7 Å². The summed E-state index contributed by atoms with van der Waals surface area (Å²) < 4.78 is 0. The predicted octanol–water partition coefficient (Wildman–Crippen LogP) is 1.70. The van der Waals surface area contributed by atoms with Crippen LogP contribution in [0.3, 0.4) is 0 Å². The first-order valence-corrected chi connectivity index (χ1v) is 7.50. The molecule has 110 valence electrons. The number of rotatable bonds is 6. The molecule has 0 aliphatic heterocycles. The molecule has 0 radical (unpaired) electrons. The van der Waals surface area contributed by atoms with Crippen molar-refractivity contribution in [1.29, 1.82) is 0 Å². The van der Waals surface area contributed by atoms with Crippen LogP contribution in [0.5, 0.6) is 0 Å². The highest BCUT2D eigenvalue weighted by Crippen LogP contribution is 2.31. The average Bonchev–Trinajstić information content (AvgIpc) is 2.44. The van der Waals surface area contributed by atoms with E-state index in [1.54, 1.807) is 0 Å². The Bertz CT molecular complexity index is 427. The number of nitrogens with one attached hydrogen (secondary N) is 2. The lowest BCUT2D eigenvalue weighted by molar-refractivity contribution is -0.0236. The predicted molar refractivity (Wildman–Crippen MR) is 82.9 cm³/mol. The van der Waals surface area contributed by atoms with E-state index in [2.05, 4.69) is 39.9 Å². The number of guanidine groups is 1. The summed E-state index contributed by atoms with van der Waals surface area (Å²) in [6.07, 6.45) is 3.83. The largest absolute Gasteiger partial charge is 0.388 e. The van der Waals surface area contributed by atoms with Crippen molar-refractivity contribution in [1.82, 2.24) is 10.6 Å². The number of hydrogen-bond acceptors (Lipinski definition) is 2. The monoisotopic (exact) mass is 275 g/mol. The maximum atomic E-state index is 10.1. The Kier molecular flexibility index (Phi) is 5.41. The molecule has 1 saturated carbocycles. The van der Waals surface area contributed by atoms with Gasteiger partial charge in [0, 0.05) is 13.1 Å². The second kappa shape index (κ2) is 7.29. The van der Waals surface area contributed by atoms with E-state index in [-0.39, 0.29) is 0 Å². The number of aliphatic hydroxyl groups is 1. The molecule has 3 N–H and O–H groups in total. The van der Waals surface area contributed by atoms with Crippen LogP contribution in [0.1, 0.15) is 31.7 Å². The Hall–Kier alpha value is -1.55. The zero-order chi connectivity index (χ0) is 14.3. The van der Waals surface area contributed by atoms with Gasteiger partial charge in [0.25, 0.3) is 0 Å². The van der Waals surface area contributed by atoms with Gasteiger partial charge in [-0.15, -0.1) is 0 Å². The fraction of sp³-hybridized carbons (Fsp3) is 0.562. The first kappa shape index (κ1) is 14.9. The van der Waals surface area contributed by atoms with Gasteiger partial charge in [0.05, 0.1) is 12.1 Å². The van der Waals surface area contributed by atoms with Crippen LogP contribution in [-0.2, 0) is 6.42 Å². The normalized spacial score (nSPS) is 17.4. The summed E-state index contributed by atoms with van der Waals surface area (Å²) in [7, 11) is 0. The second-order valence-corrected chi connectivity index (χ2v) is 5.44. The molecule has 0 aromatic heterocycles. The maximum Gasteiger partial charge on any atom is 0.191 e. The van der Waals surface area contributed by atoms with E-state index >= 15 is 0 Å². The van der Waals surface area contributed by atoms with Crippen LogP contribution in [-0.4, -0.2) is 36.3 Å². The van der Waals surface area contributed by atoms with Gasteiger partial charge in [0.15, 0.2) is 5.96 Å². The summed E-state index contributed by atoms with van der Waals surface area (Å²) >= 11 is 0. The van der Waals surface area contributed by atoms with E-state index in [1.807, 2.05) is 13.0 Å². The third-order valence-corrected chi connectivity index (χ3v) is 3.71. The molecule has 0 bridgehead atoms. The Balaban J connectivity index is 1.78. The lowest BCUT2D eigenvalue weighted by Crippen LogP contribution is -2.43. The van der Waals surface area contributed by atoms with Crippen LogP contribution < -0.4 is 10.6 Å². The quantitative estimate of drug-likeness (QED) is 0.547. The Morgan fingerprint density at radius 1 is 1.25 bits per heavy atom. The van der Waals surface area contributed by atoms with E-state index < -0.39 is 5.60 Å². The van der Waals surface area contributed by atoms with Crippen LogP contribution in [0.25, 0.3) is 0 Å². The minimum Gasteiger partial charge on any atom is -0.388 e. The Labute approximate surface area is 121 Å². The molecule has 4 heteroatoms. The van der Waals surface area contributed by atoms with Crippen molar-refractivity contribution in [3.63, 3.8) is 0 Å². The highest BCUT2D eigenvalue weighted by molar-refractivity contribution is 5.79. The number of hydrogen-bond donors (Lipinski definition) is 3. The lowest BCUT2D eigenvalue weighted by atomic mass is 9.80. The fourth-order valence-corrected chi connectivity index (χ4v) is 2.28. The second-order valence-electron chi connectivity index (χ2n) is 5.44. The van der Waals surface area contributed by atoms with Gasteiger partial charge in [-0.25, -0.2) is 0 Å². The number of benzene rings is 1. The van der Waals surface area contributed by atoms with Gasteiger partial charge in [-0.1, -0.05) is 30.3 Å². The van der Waals surface area contributed by atoms with Gasteiger partial charge in [-0.2, -0.15) is 0 Å². The van der Waals surface area contributed by atoms with Gasteiger partial charge in [0.2, 0.25) is 0 Å². The van der Waals surface area contributed by atoms with Crippen molar-refractivity contribution in [2.75, 3.05) is 19.6 Å². The molecule has 1 aromatic carbocycles. The molecule has 20 heavy (non-hydrogen) atoms. The van der Waals surface area contributed by atoms with Crippen LogP contribution in [0, 0.1) is 0 Å². The van der Waals surface area contributed by atoms with Gasteiger partial charge in [0.1, 0.15) is 0 Å². The molecule has 0 unspecified atom stereocenters. The topological polar surface area (TPSA) is 56.7 Å². The molecule has 0 spiro atoms. The summed E-state index contributed by atoms with van der Waals surface area (Å²) in [5.41, 5.74) is 0.760. The van der Waals surface area contributed by atoms with Gasteiger partial charge >= 0.3 is 0 Å². The van der Waals surface area contributed by atoms with Crippen LogP contribution >= 0.6 is 0 Å². The fourth-order valence-electron chi connectivity index (χ4n) is 2.28. The van der Waals surface area contributed by atoms with Crippen molar-refractivity contribution < 1.29 is 5.11 Å². The van der Waals surface area contributed by atoms with Crippen molar-refractivity contribution in [2.24, 2.45) is 4.99 Å². The first-order chi connectivity index (χ1) is 9.72. The van der Waals surface area contributed by atoms with Crippen LogP contribution in [0.4, 0.5) is 0 Å². The summed E-state index contributed by atoms with van der Waals surface area (Å²) in [6.45, 7) is 4.21. The Morgan fingerprint density at radius 3 is 2.60 bits per heavy atom. The third kappa shape index (κ3) is 4.53. The summed E-state index contributed by atoms with van der Waals surface area (Å²) in [4.78, 5) is 4.48. The maximum absolute atomic E-state index is 10.1. The Morgan fingerprint density at radius 2 is 2.00 bits per heavy atom. The molecule has 0 amide bonds. The molecule has 0 atom stereocenters. The number of nitrogens with zero attached hydrogens (tertiary/aromatic N) is 1. The first-order valence-electron chi connectivity index (χ1n) is 7.50. The smallest absolute Gasteiger partial charge is 0.191 e. The molecule has 1 aromatic rings. The molecular formula is C16H25N3O.